The number of rotatable bonds is 9. The maximum absolute atomic E-state index is 5.30. The van der Waals surface area contributed by atoms with Gasteiger partial charge in [-0.3, -0.25) is 0 Å². The molecule has 0 saturated carbocycles. The van der Waals surface area contributed by atoms with Crippen LogP contribution >= 0.6 is 0 Å². The van der Waals surface area contributed by atoms with E-state index in [1.54, 1.807) is 13.4 Å². The van der Waals surface area contributed by atoms with E-state index in [1.807, 2.05) is 42.5 Å². The third-order valence-electron chi connectivity index (χ3n) is 4.51. The minimum atomic E-state index is 0.564. The van der Waals surface area contributed by atoms with Crippen molar-refractivity contribution in [3.63, 3.8) is 0 Å². The topological polar surface area (TPSA) is 76.4 Å². The Morgan fingerprint density at radius 2 is 1.90 bits per heavy atom. The van der Waals surface area contributed by atoms with Crippen LogP contribution in [0.2, 0.25) is 0 Å². The summed E-state index contributed by atoms with van der Waals surface area (Å²) < 4.78 is 7.36. The molecule has 0 aliphatic heterocycles. The molecule has 7 nitrogen and oxygen atoms in total. The first-order valence-electron chi connectivity index (χ1n) is 9.84. The predicted molar refractivity (Wildman–Crippen MR) is 115 cm³/mol. The van der Waals surface area contributed by atoms with Gasteiger partial charge in [0, 0.05) is 26.1 Å². The van der Waals surface area contributed by atoms with Gasteiger partial charge in [-0.25, -0.2) is 4.99 Å². The van der Waals surface area contributed by atoms with Crippen molar-refractivity contribution in [2.75, 3.05) is 13.7 Å². The number of nitrogens with zero attached hydrogens (tertiary/aromatic N) is 4. The van der Waals surface area contributed by atoms with E-state index in [9.17, 15) is 0 Å². The van der Waals surface area contributed by atoms with Crippen LogP contribution in [0.1, 0.15) is 23.9 Å². The van der Waals surface area contributed by atoms with Crippen LogP contribution in [0.25, 0.3) is 0 Å². The Morgan fingerprint density at radius 3 is 2.69 bits per heavy atom. The maximum Gasteiger partial charge on any atom is 0.191 e. The van der Waals surface area contributed by atoms with Gasteiger partial charge in [0.1, 0.15) is 17.9 Å². The van der Waals surface area contributed by atoms with Gasteiger partial charge in [0.2, 0.25) is 0 Å². The smallest absolute Gasteiger partial charge is 0.191 e. The molecule has 0 atom stereocenters. The van der Waals surface area contributed by atoms with Crippen molar-refractivity contribution in [1.82, 2.24) is 25.4 Å². The predicted octanol–water partition coefficient (Wildman–Crippen LogP) is 2.78. The number of hydrogen-bond donors (Lipinski definition) is 2. The SMILES string of the molecule is CCc1nncn1CCNC(=NCc1cccc(OC)c1)NCc1ccccc1. The monoisotopic (exact) mass is 392 g/mol. The molecule has 2 aromatic carbocycles. The van der Waals surface area contributed by atoms with Gasteiger partial charge >= 0.3 is 0 Å². The van der Waals surface area contributed by atoms with E-state index in [2.05, 4.69) is 44.5 Å². The zero-order valence-corrected chi connectivity index (χ0v) is 17.0. The zero-order valence-electron chi connectivity index (χ0n) is 17.0. The van der Waals surface area contributed by atoms with E-state index >= 15 is 0 Å². The average Bonchev–Trinajstić information content (AvgIpc) is 3.23. The van der Waals surface area contributed by atoms with Crippen LogP contribution in [-0.4, -0.2) is 34.4 Å². The molecule has 0 radical (unpaired) electrons. The standard InChI is InChI=1S/C22H28N6O/c1-3-21-27-26-17-28(21)13-12-23-22(24-15-18-8-5-4-6-9-18)25-16-19-10-7-11-20(14-19)29-2/h4-11,14,17H,3,12-13,15-16H2,1-2H3,(H2,23,24,25). The molecular formula is C22H28N6O. The number of ether oxygens (including phenoxy) is 1. The number of methoxy groups -OCH3 is 1. The summed E-state index contributed by atoms with van der Waals surface area (Å²) >= 11 is 0. The first kappa shape index (κ1) is 20.4. The number of aliphatic imine (C=N–C) groups is 1. The van der Waals surface area contributed by atoms with Crippen molar-refractivity contribution in [2.45, 2.75) is 33.0 Å². The highest BCUT2D eigenvalue weighted by Crippen LogP contribution is 2.13. The van der Waals surface area contributed by atoms with E-state index in [4.69, 9.17) is 9.73 Å². The van der Waals surface area contributed by atoms with Crippen LogP contribution in [0, 0.1) is 0 Å². The summed E-state index contributed by atoms with van der Waals surface area (Å²) in [5, 5.41) is 14.9. The van der Waals surface area contributed by atoms with Crippen molar-refractivity contribution in [1.29, 1.82) is 0 Å². The first-order valence-corrected chi connectivity index (χ1v) is 9.84. The number of guanidine groups is 1. The van der Waals surface area contributed by atoms with E-state index < -0.39 is 0 Å². The summed E-state index contributed by atoms with van der Waals surface area (Å²) in [5.74, 6) is 2.59. The van der Waals surface area contributed by atoms with Gasteiger partial charge in [-0.05, 0) is 23.3 Å². The van der Waals surface area contributed by atoms with Crippen molar-refractivity contribution < 1.29 is 4.74 Å². The largest absolute Gasteiger partial charge is 0.497 e. The Kier molecular flexibility index (Phi) is 7.63. The average molecular weight is 393 g/mol. The van der Waals surface area contributed by atoms with Gasteiger partial charge in [0.25, 0.3) is 0 Å². The van der Waals surface area contributed by atoms with Crippen molar-refractivity contribution in [3.8, 4) is 5.75 Å². The fraction of sp³-hybridized carbons (Fsp3) is 0.318. The minimum absolute atomic E-state index is 0.564. The van der Waals surface area contributed by atoms with Gasteiger partial charge in [-0.2, -0.15) is 0 Å². The lowest BCUT2D eigenvalue weighted by molar-refractivity contribution is 0.414. The lowest BCUT2D eigenvalue weighted by Crippen LogP contribution is -2.38. The molecule has 29 heavy (non-hydrogen) atoms. The second-order valence-corrected chi connectivity index (χ2v) is 6.58. The molecule has 7 heteroatoms. The summed E-state index contributed by atoms with van der Waals surface area (Å²) in [4.78, 5) is 4.74. The maximum atomic E-state index is 5.30. The normalized spacial score (nSPS) is 11.3. The van der Waals surface area contributed by atoms with Gasteiger partial charge in [-0.1, -0.05) is 49.4 Å². The fourth-order valence-electron chi connectivity index (χ4n) is 2.93. The third-order valence-corrected chi connectivity index (χ3v) is 4.51. The summed E-state index contributed by atoms with van der Waals surface area (Å²) in [5.41, 5.74) is 2.30. The highest BCUT2D eigenvalue weighted by Gasteiger charge is 2.04. The van der Waals surface area contributed by atoms with E-state index in [1.165, 1.54) is 5.56 Å². The molecule has 0 aliphatic rings. The summed E-state index contributed by atoms with van der Waals surface area (Å²) in [6, 6.07) is 18.2. The first-order chi connectivity index (χ1) is 14.3. The Balaban J connectivity index is 1.63. The quantitative estimate of drug-likeness (QED) is 0.433. The molecule has 0 fully saturated rings. The van der Waals surface area contributed by atoms with Gasteiger partial charge in [-0.15, -0.1) is 10.2 Å². The van der Waals surface area contributed by atoms with Gasteiger partial charge in [0.05, 0.1) is 13.7 Å². The number of aryl methyl sites for hydroxylation is 1. The Hall–Kier alpha value is -3.35. The van der Waals surface area contributed by atoms with Gasteiger partial charge < -0.3 is 19.9 Å². The zero-order chi connectivity index (χ0) is 20.3. The molecule has 0 saturated heterocycles. The van der Waals surface area contributed by atoms with Crippen LogP contribution in [0.4, 0.5) is 0 Å². The van der Waals surface area contributed by atoms with Crippen molar-refractivity contribution in [3.05, 3.63) is 77.9 Å². The Labute approximate surface area is 171 Å². The molecule has 0 amide bonds. The highest BCUT2D eigenvalue weighted by atomic mass is 16.5. The molecule has 152 valence electrons. The van der Waals surface area contributed by atoms with Crippen LogP contribution in [0.15, 0.2) is 65.9 Å². The van der Waals surface area contributed by atoms with Crippen LogP contribution < -0.4 is 15.4 Å². The van der Waals surface area contributed by atoms with Crippen LogP contribution in [0.5, 0.6) is 5.75 Å². The van der Waals surface area contributed by atoms with Gasteiger partial charge in [0.15, 0.2) is 5.96 Å². The Bertz CT molecular complexity index is 906. The minimum Gasteiger partial charge on any atom is -0.497 e. The van der Waals surface area contributed by atoms with Crippen molar-refractivity contribution in [2.24, 2.45) is 4.99 Å². The highest BCUT2D eigenvalue weighted by molar-refractivity contribution is 5.79. The molecule has 0 unspecified atom stereocenters. The molecular weight excluding hydrogens is 364 g/mol. The number of hydrogen-bond acceptors (Lipinski definition) is 4. The molecule has 3 aromatic rings. The lowest BCUT2D eigenvalue weighted by atomic mass is 10.2. The summed E-state index contributed by atoms with van der Waals surface area (Å²) in [6.45, 7) is 4.85. The van der Waals surface area contributed by atoms with E-state index in [0.29, 0.717) is 13.1 Å². The molecule has 0 aliphatic carbocycles. The second kappa shape index (κ2) is 10.8. The molecule has 1 heterocycles. The molecule has 2 N–H and O–H groups in total. The molecule has 3 rings (SSSR count). The molecule has 0 bridgehead atoms. The lowest BCUT2D eigenvalue weighted by Gasteiger charge is -2.14. The Morgan fingerprint density at radius 1 is 1.07 bits per heavy atom. The van der Waals surface area contributed by atoms with Crippen LogP contribution in [0.3, 0.4) is 0 Å². The second-order valence-electron chi connectivity index (χ2n) is 6.58. The number of benzene rings is 2. The number of nitrogens with one attached hydrogen (secondary N) is 2. The summed E-state index contributed by atoms with van der Waals surface area (Å²) in [7, 11) is 1.67. The number of aromatic nitrogens is 3. The molecule has 1 aromatic heterocycles. The fourth-order valence-corrected chi connectivity index (χ4v) is 2.93. The van der Waals surface area contributed by atoms with E-state index in [0.717, 1.165) is 42.6 Å². The van der Waals surface area contributed by atoms with E-state index in [-0.39, 0.29) is 0 Å². The summed E-state index contributed by atoms with van der Waals surface area (Å²) in [6.07, 6.45) is 2.63. The van der Waals surface area contributed by atoms with Crippen LogP contribution in [-0.2, 0) is 26.1 Å². The third kappa shape index (κ3) is 6.34. The molecule has 0 spiro atoms. The van der Waals surface area contributed by atoms with Crippen molar-refractivity contribution >= 4 is 5.96 Å².